The van der Waals surface area contributed by atoms with Crippen LogP contribution in [-0.2, 0) is 4.79 Å². The first-order valence-corrected chi connectivity index (χ1v) is 8.63. The van der Waals surface area contributed by atoms with Crippen molar-refractivity contribution in [2.75, 3.05) is 20.1 Å². The Morgan fingerprint density at radius 3 is 2.59 bits per heavy atom. The molecule has 0 bridgehead atoms. The number of hydrogen-bond acceptors (Lipinski definition) is 4. The van der Waals surface area contributed by atoms with Crippen LogP contribution < -0.4 is 11.1 Å². The standard InChI is InChI=1S/C16H25N3O2S/c1-4-12(13-9-10(2)14(22-13)15(17)20)18-16(21)11-5-7-19(3)8-6-11/h9,11-12H,4-8H2,1-3H3,(H2,17,20)(H,18,21). The molecule has 0 aliphatic carbocycles. The van der Waals surface area contributed by atoms with E-state index in [1.54, 1.807) is 0 Å². The van der Waals surface area contributed by atoms with Crippen molar-refractivity contribution in [3.05, 3.63) is 21.4 Å². The van der Waals surface area contributed by atoms with Gasteiger partial charge < -0.3 is 16.0 Å². The van der Waals surface area contributed by atoms with Gasteiger partial charge in [-0.2, -0.15) is 0 Å². The number of hydrogen-bond donors (Lipinski definition) is 2. The molecule has 1 aliphatic rings. The van der Waals surface area contributed by atoms with Gasteiger partial charge in [0.25, 0.3) is 5.91 Å². The van der Waals surface area contributed by atoms with Crippen LogP contribution in [0.15, 0.2) is 6.07 Å². The molecule has 6 heteroatoms. The van der Waals surface area contributed by atoms with Gasteiger partial charge in [0.1, 0.15) is 0 Å². The maximum absolute atomic E-state index is 12.5. The van der Waals surface area contributed by atoms with Crippen molar-refractivity contribution >= 4 is 23.2 Å². The van der Waals surface area contributed by atoms with Crippen LogP contribution in [0.4, 0.5) is 0 Å². The molecule has 1 aromatic rings. The van der Waals surface area contributed by atoms with Gasteiger partial charge in [0, 0.05) is 10.8 Å². The van der Waals surface area contributed by atoms with Gasteiger partial charge in [-0.25, -0.2) is 0 Å². The van der Waals surface area contributed by atoms with E-state index >= 15 is 0 Å². The topological polar surface area (TPSA) is 75.4 Å². The predicted octanol–water partition coefficient (Wildman–Crippen LogP) is 2.06. The van der Waals surface area contributed by atoms with Gasteiger partial charge in [0.15, 0.2) is 0 Å². The van der Waals surface area contributed by atoms with E-state index in [-0.39, 0.29) is 17.9 Å². The average Bonchev–Trinajstić information content (AvgIpc) is 2.87. The molecule has 0 radical (unpaired) electrons. The number of aryl methyl sites for hydroxylation is 1. The lowest BCUT2D eigenvalue weighted by atomic mass is 9.95. The summed E-state index contributed by atoms with van der Waals surface area (Å²) in [5.74, 6) is -0.168. The Labute approximate surface area is 135 Å². The monoisotopic (exact) mass is 323 g/mol. The van der Waals surface area contributed by atoms with Crippen LogP contribution in [0.3, 0.4) is 0 Å². The lowest BCUT2D eigenvalue weighted by Crippen LogP contribution is -2.40. The third-order valence-corrected chi connectivity index (χ3v) is 5.68. The highest BCUT2D eigenvalue weighted by molar-refractivity contribution is 7.14. The van der Waals surface area contributed by atoms with Crippen molar-refractivity contribution in [1.82, 2.24) is 10.2 Å². The fraction of sp³-hybridized carbons (Fsp3) is 0.625. The number of nitrogens with two attached hydrogens (primary N) is 1. The molecule has 0 aromatic carbocycles. The molecular formula is C16H25N3O2S. The number of amides is 2. The van der Waals surface area contributed by atoms with Gasteiger partial charge in [-0.05, 0) is 58.0 Å². The zero-order valence-electron chi connectivity index (χ0n) is 13.5. The average molecular weight is 323 g/mol. The summed E-state index contributed by atoms with van der Waals surface area (Å²) in [6.07, 6.45) is 2.63. The van der Waals surface area contributed by atoms with Gasteiger partial charge in [-0.1, -0.05) is 6.92 Å². The summed E-state index contributed by atoms with van der Waals surface area (Å²) in [7, 11) is 2.09. The van der Waals surface area contributed by atoms with Gasteiger partial charge in [0.2, 0.25) is 5.91 Å². The molecule has 5 nitrogen and oxygen atoms in total. The molecule has 122 valence electrons. The predicted molar refractivity (Wildman–Crippen MR) is 89.0 cm³/mol. The number of piperidine rings is 1. The molecule has 0 spiro atoms. The molecule has 0 saturated carbocycles. The largest absolute Gasteiger partial charge is 0.365 e. The van der Waals surface area contributed by atoms with Gasteiger partial charge in [0.05, 0.1) is 10.9 Å². The van der Waals surface area contributed by atoms with Crippen LogP contribution in [-0.4, -0.2) is 36.9 Å². The molecule has 3 N–H and O–H groups in total. The van der Waals surface area contributed by atoms with Crippen LogP contribution in [0, 0.1) is 12.8 Å². The van der Waals surface area contributed by atoms with Crippen molar-refractivity contribution in [2.45, 2.75) is 39.2 Å². The van der Waals surface area contributed by atoms with E-state index in [4.69, 9.17) is 5.73 Å². The van der Waals surface area contributed by atoms with Crippen molar-refractivity contribution in [1.29, 1.82) is 0 Å². The zero-order chi connectivity index (χ0) is 16.3. The highest BCUT2D eigenvalue weighted by atomic mass is 32.1. The Bertz CT molecular complexity index is 548. The van der Waals surface area contributed by atoms with Crippen LogP contribution in [0.25, 0.3) is 0 Å². The second-order valence-corrected chi connectivity index (χ2v) is 7.16. The summed E-state index contributed by atoms with van der Waals surface area (Å²) in [5.41, 5.74) is 6.27. The van der Waals surface area contributed by atoms with Crippen LogP contribution in [0.5, 0.6) is 0 Å². The molecule has 1 saturated heterocycles. The molecule has 2 amide bonds. The van der Waals surface area contributed by atoms with E-state index in [9.17, 15) is 9.59 Å². The first kappa shape index (κ1) is 17.0. The van der Waals surface area contributed by atoms with E-state index in [1.165, 1.54) is 11.3 Å². The molecule has 1 aliphatic heterocycles. The molecule has 2 rings (SSSR count). The highest BCUT2D eigenvalue weighted by Crippen LogP contribution is 2.29. The third-order valence-electron chi connectivity index (χ3n) is 4.32. The van der Waals surface area contributed by atoms with Gasteiger partial charge >= 0.3 is 0 Å². The van der Waals surface area contributed by atoms with Crippen LogP contribution in [0.2, 0.25) is 0 Å². The number of nitrogens with one attached hydrogen (secondary N) is 1. The van der Waals surface area contributed by atoms with Crippen molar-refractivity contribution in [3.8, 4) is 0 Å². The minimum atomic E-state index is -0.398. The number of carbonyl (C=O) groups is 2. The molecule has 1 atom stereocenters. The molecule has 1 unspecified atom stereocenters. The maximum atomic E-state index is 12.5. The van der Waals surface area contributed by atoms with Gasteiger partial charge in [-0.15, -0.1) is 11.3 Å². The number of thiophene rings is 1. The fourth-order valence-electron chi connectivity index (χ4n) is 2.86. The smallest absolute Gasteiger partial charge is 0.259 e. The van der Waals surface area contributed by atoms with Gasteiger partial charge in [-0.3, -0.25) is 9.59 Å². The van der Waals surface area contributed by atoms with E-state index in [2.05, 4.69) is 17.3 Å². The van der Waals surface area contributed by atoms with E-state index in [1.807, 2.05) is 19.9 Å². The minimum Gasteiger partial charge on any atom is -0.365 e. The van der Waals surface area contributed by atoms with Crippen LogP contribution >= 0.6 is 11.3 Å². The quantitative estimate of drug-likeness (QED) is 0.871. The lowest BCUT2D eigenvalue weighted by molar-refractivity contribution is -0.127. The third kappa shape index (κ3) is 3.87. The van der Waals surface area contributed by atoms with Crippen LogP contribution in [0.1, 0.15) is 52.3 Å². The summed E-state index contributed by atoms with van der Waals surface area (Å²) in [6.45, 7) is 5.86. The molecular weight excluding hydrogens is 298 g/mol. The highest BCUT2D eigenvalue weighted by Gasteiger charge is 2.26. The Kier molecular flexibility index (Phi) is 5.58. The lowest BCUT2D eigenvalue weighted by Gasteiger charge is -2.29. The number of rotatable bonds is 5. The summed E-state index contributed by atoms with van der Waals surface area (Å²) in [5, 5.41) is 3.15. The van der Waals surface area contributed by atoms with E-state index in [0.717, 1.165) is 42.8 Å². The first-order valence-electron chi connectivity index (χ1n) is 7.81. The number of nitrogens with zero attached hydrogens (tertiary/aromatic N) is 1. The first-order chi connectivity index (χ1) is 10.4. The number of likely N-dealkylation sites (tertiary alicyclic amines) is 1. The minimum absolute atomic E-state index is 0.0380. The SMILES string of the molecule is CCC(NC(=O)C1CCN(C)CC1)c1cc(C)c(C(N)=O)s1. The number of carbonyl (C=O) groups excluding carboxylic acids is 2. The summed E-state index contributed by atoms with van der Waals surface area (Å²) >= 11 is 1.39. The second-order valence-electron chi connectivity index (χ2n) is 6.07. The normalized spacial score (nSPS) is 18.1. The molecule has 1 fully saturated rings. The Morgan fingerprint density at radius 1 is 1.45 bits per heavy atom. The van der Waals surface area contributed by atoms with Crippen molar-refractivity contribution < 1.29 is 9.59 Å². The summed E-state index contributed by atoms with van der Waals surface area (Å²) in [4.78, 5) is 27.7. The Hall–Kier alpha value is -1.40. The van der Waals surface area contributed by atoms with E-state index < -0.39 is 5.91 Å². The molecule has 1 aromatic heterocycles. The Morgan fingerprint density at radius 2 is 2.09 bits per heavy atom. The fourth-order valence-corrected chi connectivity index (χ4v) is 4.02. The van der Waals surface area contributed by atoms with Crippen molar-refractivity contribution in [2.24, 2.45) is 11.7 Å². The molecule has 22 heavy (non-hydrogen) atoms. The molecule has 2 heterocycles. The second kappa shape index (κ2) is 7.24. The van der Waals surface area contributed by atoms with E-state index in [0.29, 0.717) is 4.88 Å². The van der Waals surface area contributed by atoms with Crippen molar-refractivity contribution in [3.63, 3.8) is 0 Å². The summed E-state index contributed by atoms with van der Waals surface area (Å²) in [6, 6.07) is 1.93. The summed E-state index contributed by atoms with van der Waals surface area (Å²) < 4.78 is 0. The maximum Gasteiger partial charge on any atom is 0.259 e. The zero-order valence-corrected chi connectivity index (χ0v) is 14.3. The number of primary amides is 1. The Balaban J connectivity index is 2.04.